The van der Waals surface area contributed by atoms with E-state index in [4.69, 9.17) is 24.1 Å². The highest BCUT2D eigenvalue weighted by molar-refractivity contribution is 7.20. The van der Waals surface area contributed by atoms with Crippen LogP contribution in [0.3, 0.4) is 0 Å². The van der Waals surface area contributed by atoms with Gasteiger partial charge < -0.3 is 34.1 Å². The number of ether oxygens (including phenoxy) is 4. The van der Waals surface area contributed by atoms with Crippen LogP contribution in [0.25, 0.3) is 27.1 Å². The fourth-order valence-electron chi connectivity index (χ4n) is 4.43. The van der Waals surface area contributed by atoms with Crippen LogP contribution in [-0.4, -0.2) is 60.4 Å². The third-order valence-electron chi connectivity index (χ3n) is 6.88. The zero-order chi connectivity index (χ0) is 32.9. The molecule has 0 aliphatic carbocycles. The number of hydrogen-bond donors (Lipinski definition) is 3. The van der Waals surface area contributed by atoms with Crippen LogP contribution < -0.4 is 24.4 Å². The van der Waals surface area contributed by atoms with Gasteiger partial charge >= 0.3 is 11.9 Å². The molecule has 0 saturated heterocycles. The van der Waals surface area contributed by atoms with Gasteiger partial charge in [0.15, 0.2) is 40.0 Å². The molecule has 2 aromatic heterocycles. The average Bonchev–Trinajstić information content (AvgIpc) is 3.42. The molecule has 4 aromatic rings. The van der Waals surface area contributed by atoms with Crippen molar-refractivity contribution in [1.29, 1.82) is 0 Å². The molecule has 0 aliphatic heterocycles. The molecule has 13 heteroatoms. The van der Waals surface area contributed by atoms with E-state index in [0.717, 1.165) is 11.3 Å². The van der Waals surface area contributed by atoms with Gasteiger partial charge in [-0.05, 0) is 32.1 Å². The van der Waals surface area contributed by atoms with Crippen LogP contribution in [-0.2, 0) is 9.59 Å². The van der Waals surface area contributed by atoms with E-state index < -0.39 is 29.0 Å². The van der Waals surface area contributed by atoms with Crippen molar-refractivity contribution in [1.82, 2.24) is 4.98 Å². The molecule has 0 amide bonds. The van der Waals surface area contributed by atoms with Crippen LogP contribution in [0.15, 0.2) is 41.2 Å². The second-order valence-electron chi connectivity index (χ2n) is 10.7. The van der Waals surface area contributed by atoms with E-state index in [0.29, 0.717) is 39.2 Å². The Morgan fingerprint density at radius 1 is 0.956 bits per heavy atom. The molecule has 0 saturated carbocycles. The number of aromatic nitrogens is 1. The van der Waals surface area contributed by atoms with Gasteiger partial charge in [-0.15, -0.1) is 11.3 Å². The van der Waals surface area contributed by atoms with E-state index >= 15 is 4.39 Å². The van der Waals surface area contributed by atoms with Crippen molar-refractivity contribution >= 4 is 56.1 Å². The summed E-state index contributed by atoms with van der Waals surface area (Å²) in [6.45, 7) is 3.09. The second kappa shape index (κ2) is 13.8. The first-order valence-electron chi connectivity index (χ1n) is 13.8. The number of halogens is 1. The van der Waals surface area contributed by atoms with E-state index in [1.54, 1.807) is 18.2 Å². The van der Waals surface area contributed by atoms with Crippen molar-refractivity contribution in [2.24, 2.45) is 5.41 Å². The van der Waals surface area contributed by atoms with E-state index in [-0.39, 0.29) is 53.2 Å². The number of Topliss-reactive ketones (excluding diaryl/α,β-unsaturated/α-hetero) is 1. The molecule has 238 valence electrons. The van der Waals surface area contributed by atoms with Crippen molar-refractivity contribution in [2.45, 2.75) is 33.1 Å². The first-order chi connectivity index (χ1) is 21.3. The lowest BCUT2D eigenvalue weighted by Crippen LogP contribution is -2.26. The van der Waals surface area contributed by atoms with Crippen LogP contribution in [0.4, 0.5) is 4.39 Å². The van der Waals surface area contributed by atoms with E-state index in [9.17, 15) is 24.3 Å². The number of rotatable bonds is 15. The summed E-state index contributed by atoms with van der Waals surface area (Å²) in [6, 6.07) is 7.47. The SMILES string of the molecule is COc1cc2[nH]c(/C=C/CC(=O)O)cc(=O)c2cc1OCCCOc1c(OC)cc2sc(C(=O)CC(C)(C)C(=O)O)cc2c1F. The van der Waals surface area contributed by atoms with Crippen LogP contribution in [0.5, 0.6) is 23.0 Å². The van der Waals surface area contributed by atoms with Gasteiger partial charge in [-0.2, -0.15) is 0 Å². The molecule has 0 spiro atoms. The lowest BCUT2D eigenvalue weighted by Gasteiger charge is -2.16. The molecule has 0 fully saturated rings. The summed E-state index contributed by atoms with van der Waals surface area (Å²) >= 11 is 1.05. The normalized spacial score (nSPS) is 11.7. The van der Waals surface area contributed by atoms with Crippen LogP contribution in [0.2, 0.25) is 0 Å². The third kappa shape index (κ3) is 7.60. The lowest BCUT2D eigenvalue weighted by atomic mass is 9.87. The zero-order valence-corrected chi connectivity index (χ0v) is 25.8. The van der Waals surface area contributed by atoms with Gasteiger partial charge in [-0.1, -0.05) is 6.08 Å². The Bertz CT molecular complexity index is 1860. The van der Waals surface area contributed by atoms with Crippen molar-refractivity contribution in [3.8, 4) is 23.0 Å². The summed E-state index contributed by atoms with van der Waals surface area (Å²) < 4.78 is 38.3. The van der Waals surface area contributed by atoms with Crippen LogP contribution >= 0.6 is 11.3 Å². The minimum atomic E-state index is -1.27. The van der Waals surface area contributed by atoms with Gasteiger partial charge in [0.05, 0.1) is 49.7 Å². The summed E-state index contributed by atoms with van der Waals surface area (Å²) in [5.41, 5.74) is -0.643. The fraction of sp³-hybridized carbons (Fsp3) is 0.312. The molecular weight excluding hydrogens is 609 g/mol. The number of benzene rings is 2. The number of thiophene rings is 1. The summed E-state index contributed by atoms with van der Waals surface area (Å²) in [6.07, 6.45) is 2.85. The smallest absolute Gasteiger partial charge is 0.309 e. The Morgan fingerprint density at radius 2 is 1.67 bits per heavy atom. The largest absolute Gasteiger partial charge is 0.493 e. The number of carboxylic acid groups (broad SMARTS) is 2. The summed E-state index contributed by atoms with van der Waals surface area (Å²) in [5.74, 6) is -2.51. The predicted molar refractivity (Wildman–Crippen MR) is 167 cm³/mol. The number of carbonyl (C=O) groups is 3. The van der Waals surface area contributed by atoms with Crippen molar-refractivity contribution in [2.75, 3.05) is 27.4 Å². The second-order valence-corrected chi connectivity index (χ2v) is 11.8. The molecule has 0 bridgehead atoms. The molecule has 4 rings (SSSR count). The highest BCUT2D eigenvalue weighted by atomic mass is 32.1. The Hall–Kier alpha value is -4.91. The number of nitrogens with one attached hydrogen (secondary N) is 1. The van der Waals surface area contributed by atoms with E-state index in [1.807, 2.05) is 0 Å². The van der Waals surface area contributed by atoms with Crippen molar-refractivity contribution in [3.05, 3.63) is 63.0 Å². The Kier molecular flexibility index (Phi) is 10.1. The number of carbonyl (C=O) groups excluding carboxylic acids is 1. The van der Waals surface area contributed by atoms with E-state index in [1.165, 1.54) is 52.4 Å². The maximum atomic E-state index is 15.5. The van der Waals surface area contributed by atoms with Crippen LogP contribution in [0, 0.1) is 11.2 Å². The van der Waals surface area contributed by atoms with Gasteiger partial charge in [0, 0.05) is 52.2 Å². The highest BCUT2D eigenvalue weighted by Gasteiger charge is 2.31. The predicted octanol–water partition coefficient (Wildman–Crippen LogP) is 5.92. The average molecular weight is 642 g/mol. The van der Waals surface area contributed by atoms with Crippen LogP contribution in [0.1, 0.15) is 48.5 Å². The molecule has 2 aromatic carbocycles. The monoisotopic (exact) mass is 641 g/mol. The number of aliphatic carboxylic acids is 2. The third-order valence-corrected chi connectivity index (χ3v) is 8.00. The maximum Gasteiger partial charge on any atom is 0.309 e. The molecular formula is C32H32FNO10S. The number of aromatic amines is 1. The fourth-order valence-corrected chi connectivity index (χ4v) is 5.45. The van der Waals surface area contributed by atoms with Crippen molar-refractivity contribution < 1.29 is 47.9 Å². The molecule has 0 atom stereocenters. The maximum absolute atomic E-state index is 15.5. The Labute approximate surface area is 260 Å². The number of ketones is 1. The highest BCUT2D eigenvalue weighted by Crippen LogP contribution is 2.41. The van der Waals surface area contributed by atoms with Gasteiger partial charge in [0.1, 0.15) is 0 Å². The van der Waals surface area contributed by atoms with Crippen molar-refractivity contribution in [3.63, 3.8) is 0 Å². The molecule has 0 radical (unpaired) electrons. The number of H-pyrrole nitrogens is 1. The zero-order valence-electron chi connectivity index (χ0n) is 25.0. The molecule has 0 aliphatic rings. The number of hydrogen-bond acceptors (Lipinski definition) is 9. The van der Waals surface area contributed by atoms with Gasteiger partial charge in [-0.3, -0.25) is 19.2 Å². The first kappa shape index (κ1) is 33.0. The van der Waals surface area contributed by atoms with Gasteiger partial charge in [0.25, 0.3) is 0 Å². The molecule has 0 unspecified atom stereocenters. The number of carboxylic acids is 2. The number of fused-ring (bicyclic) bond motifs is 2. The first-order valence-corrected chi connectivity index (χ1v) is 14.6. The summed E-state index contributed by atoms with van der Waals surface area (Å²) in [5, 5.41) is 18.7. The molecule has 3 N–H and O–H groups in total. The summed E-state index contributed by atoms with van der Waals surface area (Å²) in [7, 11) is 2.82. The van der Waals surface area contributed by atoms with Gasteiger partial charge in [-0.25, -0.2) is 4.39 Å². The molecule has 11 nitrogen and oxygen atoms in total. The van der Waals surface area contributed by atoms with Gasteiger partial charge in [0.2, 0.25) is 0 Å². The Morgan fingerprint density at radius 3 is 2.33 bits per heavy atom. The number of methoxy groups -OCH3 is 2. The van der Waals surface area contributed by atoms with E-state index in [2.05, 4.69) is 4.98 Å². The Balaban J connectivity index is 1.44. The molecule has 2 heterocycles. The summed E-state index contributed by atoms with van der Waals surface area (Å²) in [4.78, 5) is 51.0. The quantitative estimate of drug-likeness (QED) is 0.105. The number of pyridine rings is 1. The topological polar surface area (TPSA) is 161 Å². The minimum absolute atomic E-state index is 0.0457. The lowest BCUT2D eigenvalue weighted by molar-refractivity contribution is -0.146. The standard InChI is InChI=1S/C32H32FNO10S/c1-32(2,31(39)40)16-22(36)27-13-19-26(45-27)15-25(42-4)30(29(19)33)44-10-6-9-43-24-12-18-20(14-23(24)41-3)34-17(11-21(18)35)7-5-8-28(37)38/h5,7,11-15H,6,8-10,16H2,1-4H3,(H,34,35)(H,37,38)(H,39,40)/b7-5+. The minimum Gasteiger partial charge on any atom is -0.493 e. The molecule has 45 heavy (non-hydrogen) atoms.